The van der Waals surface area contributed by atoms with E-state index in [1.54, 1.807) is 0 Å². The van der Waals surface area contributed by atoms with Gasteiger partial charge in [0.25, 0.3) is 0 Å². The van der Waals surface area contributed by atoms with E-state index < -0.39 is 17.3 Å². The van der Waals surface area contributed by atoms with Crippen molar-refractivity contribution in [2.45, 2.75) is 131 Å². The fraction of sp³-hybridized carbons (Fsp3) is 1.00. The first-order chi connectivity index (χ1) is 11.9. The average Bonchev–Trinajstić information content (AvgIpc) is 2.41. The second-order valence-electron chi connectivity index (χ2n) is 11.4. The summed E-state index contributed by atoms with van der Waals surface area (Å²) in [6.07, 6.45) is 2.05. The minimum atomic E-state index is -0.524. The molecule has 27 heavy (non-hydrogen) atoms. The third-order valence-corrected chi connectivity index (χ3v) is 5.44. The highest BCUT2D eigenvalue weighted by atomic mass is 16.6. The molecule has 0 amide bonds. The molecule has 164 valence electrons. The summed E-state index contributed by atoms with van der Waals surface area (Å²) < 4.78 is 12.3. The van der Waals surface area contributed by atoms with Crippen molar-refractivity contribution in [1.29, 1.82) is 0 Å². The van der Waals surface area contributed by atoms with Crippen LogP contribution in [0.2, 0.25) is 0 Å². The molecule has 0 aliphatic heterocycles. The lowest BCUT2D eigenvalue weighted by Crippen LogP contribution is -2.46. The third-order valence-electron chi connectivity index (χ3n) is 5.44. The number of aliphatic hydroxyl groups is 2. The second kappa shape index (κ2) is 10.0. The van der Waals surface area contributed by atoms with Crippen LogP contribution in [-0.2, 0) is 9.47 Å². The molecular formula is C23H48O4. The van der Waals surface area contributed by atoms with E-state index >= 15 is 0 Å². The molecule has 0 aromatic carbocycles. The largest absolute Gasteiger partial charge is 0.393 e. The van der Waals surface area contributed by atoms with Gasteiger partial charge >= 0.3 is 0 Å². The first-order valence-corrected chi connectivity index (χ1v) is 10.6. The molecule has 0 spiro atoms. The van der Waals surface area contributed by atoms with Gasteiger partial charge in [0.2, 0.25) is 0 Å². The van der Waals surface area contributed by atoms with Gasteiger partial charge in [0.1, 0.15) is 0 Å². The third kappa shape index (κ3) is 12.1. The Hall–Kier alpha value is -0.160. The monoisotopic (exact) mass is 388 g/mol. The fourth-order valence-electron chi connectivity index (χ4n) is 3.28. The molecule has 0 bridgehead atoms. The molecule has 0 aromatic heterocycles. The molecule has 0 rings (SSSR count). The highest BCUT2D eigenvalue weighted by Crippen LogP contribution is 2.32. The first-order valence-electron chi connectivity index (χ1n) is 10.6. The molecule has 0 aliphatic rings. The van der Waals surface area contributed by atoms with E-state index in [9.17, 15) is 10.2 Å². The maximum Gasteiger partial charge on any atom is 0.0885 e. The summed E-state index contributed by atoms with van der Waals surface area (Å²) >= 11 is 0. The zero-order valence-electron chi connectivity index (χ0n) is 20.0. The van der Waals surface area contributed by atoms with Gasteiger partial charge in [0.15, 0.2) is 0 Å². The Morgan fingerprint density at radius 2 is 1.30 bits per heavy atom. The molecule has 4 heteroatoms. The van der Waals surface area contributed by atoms with Gasteiger partial charge in [-0.25, -0.2) is 0 Å². The van der Waals surface area contributed by atoms with Crippen molar-refractivity contribution in [3.05, 3.63) is 0 Å². The van der Waals surface area contributed by atoms with E-state index in [2.05, 4.69) is 41.5 Å². The van der Waals surface area contributed by atoms with Crippen molar-refractivity contribution < 1.29 is 19.7 Å². The van der Waals surface area contributed by atoms with Crippen molar-refractivity contribution >= 4 is 0 Å². The summed E-state index contributed by atoms with van der Waals surface area (Å²) in [4.78, 5) is 0. The molecule has 3 atom stereocenters. The Bertz CT molecular complexity index is 421. The van der Waals surface area contributed by atoms with Gasteiger partial charge in [0, 0.05) is 6.42 Å². The van der Waals surface area contributed by atoms with E-state index in [4.69, 9.17) is 9.47 Å². The smallest absolute Gasteiger partial charge is 0.0885 e. The molecule has 0 aliphatic carbocycles. The molecule has 0 radical (unpaired) electrons. The average molecular weight is 389 g/mol. The summed E-state index contributed by atoms with van der Waals surface area (Å²) in [6.45, 7) is 23.2. The Labute approximate surface area is 169 Å². The van der Waals surface area contributed by atoms with Crippen molar-refractivity contribution in [2.75, 3.05) is 6.61 Å². The highest BCUT2D eigenvalue weighted by Gasteiger charge is 2.35. The van der Waals surface area contributed by atoms with Crippen molar-refractivity contribution in [3.8, 4) is 0 Å². The van der Waals surface area contributed by atoms with Crippen LogP contribution in [-0.4, -0.2) is 46.3 Å². The number of hydrogen-bond donors (Lipinski definition) is 2. The van der Waals surface area contributed by atoms with Crippen LogP contribution >= 0.6 is 0 Å². The summed E-state index contributed by atoms with van der Waals surface area (Å²) in [5, 5.41) is 20.7. The van der Waals surface area contributed by atoms with Gasteiger partial charge < -0.3 is 19.7 Å². The van der Waals surface area contributed by atoms with Crippen LogP contribution in [0.25, 0.3) is 0 Å². The molecule has 0 saturated carbocycles. The lowest BCUT2D eigenvalue weighted by atomic mass is 9.81. The second-order valence-corrected chi connectivity index (χ2v) is 11.4. The molecule has 4 nitrogen and oxygen atoms in total. The molecule has 0 saturated heterocycles. The summed E-state index contributed by atoms with van der Waals surface area (Å²) in [5.41, 5.74) is -0.775. The number of aliphatic hydroxyl groups excluding tert-OH is 2. The Balaban J connectivity index is 4.66. The van der Waals surface area contributed by atoms with E-state index in [0.717, 1.165) is 12.8 Å². The Morgan fingerprint density at radius 1 is 0.778 bits per heavy atom. The van der Waals surface area contributed by atoms with Gasteiger partial charge in [0.05, 0.1) is 36.1 Å². The Kier molecular flexibility index (Phi) is 9.99. The molecule has 0 fully saturated rings. The SMILES string of the molecule is CCC(C)(C)CC(O)CC(C)(C)OC(C)C(C)(C)OCC(O)CC(C)(C)C. The van der Waals surface area contributed by atoms with E-state index in [1.165, 1.54) is 0 Å². The summed E-state index contributed by atoms with van der Waals surface area (Å²) in [7, 11) is 0. The summed E-state index contributed by atoms with van der Waals surface area (Å²) in [5.74, 6) is 0. The van der Waals surface area contributed by atoms with Crippen LogP contribution in [0.1, 0.15) is 102 Å². The van der Waals surface area contributed by atoms with Gasteiger partial charge in [-0.15, -0.1) is 0 Å². The van der Waals surface area contributed by atoms with Gasteiger partial charge in [-0.1, -0.05) is 48.0 Å². The number of rotatable bonds is 12. The predicted octanol–water partition coefficient (Wildman–Crippen LogP) is 5.34. The van der Waals surface area contributed by atoms with Gasteiger partial charge in [-0.3, -0.25) is 0 Å². The maximum absolute atomic E-state index is 10.5. The van der Waals surface area contributed by atoms with Crippen molar-refractivity contribution in [2.24, 2.45) is 10.8 Å². The highest BCUT2D eigenvalue weighted by molar-refractivity contribution is 4.84. The summed E-state index contributed by atoms with van der Waals surface area (Å²) in [6, 6.07) is 0. The van der Waals surface area contributed by atoms with Crippen LogP contribution in [0.3, 0.4) is 0 Å². The normalized spacial score (nSPS) is 17.7. The first kappa shape index (κ1) is 26.8. The lowest BCUT2D eigenvalue weighted by Gasteiger charge is -2.39. The van der Waals surface area contributed by atoms with Crippen LogP contribution in [0.4, 0.5) is 0 Å². The fourth-order valence-corrected chi connectivity index (χ4v) is 3.28. The van der Waals surface area contributed by atoms with Crippen LogP contribution < -0.4 is 0 Å². The standard InChI is InChI=1S/C23H48O4/c1-12-21(6,7)14-18(24)15-22(8,9)27-17(2)23(10,11)26-16-19(25)13-20(3,4)5/h17-19,24-25H,12-16H2,1-11H3. The lowest BCUT2D eigenvalue weighted by molar-refractivity contribution is -0.183. The number of hydrogen-bond acceptors (Lipinski definition) is 4. The quantitative estimate of drug-likeness (QED) is 0.474. The molecule has 0 heterocycles. The van der Waals surface area contributed by atoms with Crippen LogP contribution in [0, 0.1) is 10.8 Å². The van der Waals surface area contributed by atoms with E-state index in [1.807, 2.05) is 34.6 Å². The van der Waals surface area contributed by atoms with E-state index in [-0.39, 0.29) is 23.0 Å². The molecule has 2 N–H and O–H groups in total. The zero-order valence-corrected chi connectivity index (χ0v) is 20.0. The minimum absolute atomic E-state index is 0.0689. The minimum Gasteiger partial charge on any atom is -0.393 e. The molecule has 3 unspecified atom stereocenters. The van der Waals surface area contributed by atoms with Crippen LogP contribution in [0.15, 0.2) is 0 Å². The van der Waals surface area contributed by atoms with Gasteiger partial charge in [-0.2, -0.15) is 0 Å². The maximum atomic E-state index is 10.5. The van der Waals surface area contributed by atoms with Gasteiger partial charge in [-0.05, 0) is 58.3 Å². The Morgan fingerprint density at radius 3 is 1.74 bits per heavy atom. The molecular weight excluding hydrogens is 340 g/mol. The number of ether oxygens (including phenoxy) is 2. The zero-order chi connectivity index (χ0) is 21.7. The predicted molar refractivity (Wildman–Crippen MR) is 114 cm³/mol. The van der Waals surface area contributed by atoms with Crippen LogP contribution in [0.5, 0.6) is 0 Å². The molecule has 0 aromatic rings. The van der Waals surface area contributed by atoms with Crippen molar-refractivity contribution in [1.82, 2.24) is 0 Å². The van der Waals surface area contributed by atoms with Crippen molar-refractivity contribution in [3.63, 3.8) is 0 Å². The topological polar surface area (TPSA) is 58.9 Å². The van der Waals surface area contributed by atoms with E-state index in [0.29, 0.717) is 19.4 Å².